The van der Waals surface area contributed by atoms with E-state index in [-0.39, 0.29) is 32.6 Å². The van der Waals surface area contributed by atoms with Crippen LogP contribution in [0.3, 0.4) is 0 Å². The van der Waals surface area contributed by atoms with Crippen molar-refractivity contribution in [2.45, 2.75) is 35.9 Å². The molecule has 1 heterocycles. The first-order chi connectivity index (χ1) is 18.3. The van der Waals surface area contributed by atoms with E-state index in [9.17, 15) is 23.1 Å². The van der Waals surface area contributed by atoms with Gasteiger partial charge in [-0.1, -0.05) is 0 Å². The van der Waals surface area contributed by atoms with Crippen molar-refractivity contribution >= 4 is 42.3 Å². The van der Waals surface area contributed by atoms with Crippen LogP contribution in [0.2, 0.25) is 5.21 Å². The van der Waals surface area contributed by atoms with Crippen molar-refractivity contribution in [3.63, 3.8) is 0 Å². The molecule has 0 saturated heterocycles. The summed E-state index contributed by atoms with van der Waals surface area (Å²) in [6, 6.07) is 10.9. The number of carbonyl (C=O) groups is 2. The molecule has 0 spiro atoms. The first-order valence-corrected chi connectivity index (χ1v) is 16.3. The number of sulfonamides is 1. The van der Waals surface area contributed by atoms with Gasteiger partial charge in [0.15, 0.2) is 0 Å². The molecule has 38 heavy (non-hydrogen) atoms. The van der Waals surface area contributed by atoms with Crippen molar-refractivity contribution in [3.8, 4) is 11.5 Å². The molecule has 0 radical (unpaired) electrons. The SMILES string of the molecule is CCOC(=O)[C@@H](C[AsH]C(=O)c1ccc(OCCCNC2=NCCCN2)cc1O)NS(=O)(=O)c1ccccc1. The number of phenolic OH excluding ortho intramolecular Hbond substituents is 1. The summed E-state index contributed by atoms with van der Waals surface area (Å²) in [5, 5.41) is 16.8. The molecule has 1 unspecified atom stereocenters. The monoisotopic (exact) mass is 608 g/mol. The Morgan fingerprint density at radius 2 is 2.00 bits per heavy atom. The van der Waals surface area contributed by atoms with Gasteiger partial charge in [0, 0.05) is 13.1 Å². The molecule has 2 aromatic rings. The van der Waals surface area contributed by atoms with Crippen LogP contribution in [0.15, 0.2) is 58.4 Å². The van der Waals surface area contributed by atoms with Gasteiger partial charge in [-0.15, -0.1) is 0 Å². The number of ether oxygens (including phenoxy) is 2. The molecule has 3 rings (SSSR count). The average molecular weight is 609 g/mol. The molecule has 0 aliphatic carbocycles. The van der Waals surface area contributed by atoms with Gasteiger partial charge in [-0.2, -0.15) is 0 Å². The third kappa shape index (κ3) is 9.04. The fourth-order valence-electron chi connectivity index (χ4n) is 3.47. The van der Waals surface area contributed by atoms with Crippen LogP contribution in [-0.2, 0) is 19.6 Å². The maximum atomic E-state index is 12.8. The van der Waals surface area contributed by atoms with Crippen molar-refractivity contribution in [1.29, 1.82) is 0 Å². The predicted octanol–water partition coefficient (Wildman–Crippen LogP) is 1.01. The van der Waals surface area contributed by atoms with Crippen LogP contribution >= 0.6 is 0 Å². The summed E-state index contributed by atoms with van der Waals surface area (Å²) in [6.07, 6.45) is 1.74. The van der Waals surface area contributed by atoms with E-state index in [0.29, 0.717) is 25.3 Å². The Kier molecular flexibility index (Phi) is 11.4. The number of hydrogen-bond donors (Lipinski definition) is 4. The molecule has 4 N–H and O–H groups in total. The average Bonchev–Trinajstić information content (AvgIpc) is 2.92. The molecule has 0 fully saturated rings. The van der Waals surface area contributed by atoms with Gasteiger partial charge in [0.2, 0.25) is 0 Å². The first-order valence-electron chi connectivity index (χ1n) is 12.3. The van der Waals surface area contributed by atoms with Gasteiger partial charge in [-0.3, -0.25) is 0 Å². The molecule has 0 amide bonds. The molecule has 0 bridgehead atoms. The number of aromatic hydroxyl groups is 1. The number of esters is 1. The van der Waals surface area contributed by atoms with E-state index in [2.05, 4.69) is 20.3 Å². The number of guanidine groups is 1. The van der Waals surface area contributed by atoms with E-state index < -0.39 is 37.8 Å². The van der Waals surface area contributed by atoms with E-state index >= 15 is 0 Å². The van der Waals surface area contributed by atoms with Crippen LogP contribution in [0.4, 0.5) is 0 Å². The van der Waals surface area contributed by atoms with Crippen molar-refractivity contribution in [2.75, 3.05) is 32.8 Å². The number of phenols is 1. The standard InChI is InChI=1S/C25H33AsN4O7S/c1-2-36-24(33)21(30-38(34,35)19-8-4-3-5-9-19)17-26-23(32)20-11-10-18(16-22(20)31)37-15-7-14-29-25-27-12-6-13-28-25/h3-5,8-11,16,21,26,30-31H,2,6-7,12-15,17H2,1H3,(H2,27,28,29)/t21-/m1/s1. The van der Waals surface area contributed by atoms with Crippen LogP contribution in [0, 0.1) is 0 Å². The Morgan fingerprint density at radius 1 is 1.21 bits per heavy atom. The Bertz CT molecular complexity index is 1230. The number of carbonyl (C=O) groups excluding carboxylic acids is 2. The van der Waals surface area contributed by atoms with Gasteiger partial charge in [0.05, 0.1) is 0 Å². The maximum absolute atomic E-state index is 12.8. The zero-order valence-electron chi connectivity index (χ0n) is 21.1. The molecular formula is C25H33AsN4O7S. The quantitative estimate of drug-likeness (QED) is 0.140. The second kappa shape index (κ2) is 14.8. The minimum absolute atomic E-state index is 0.00375. The van der Waals surface area contributed by atoms with Gasteiger partial charge >= 0.3 is 210 Å². The van der Waals surface area contributed by atoms with Crippen LogP contribution in [-0.4, -0.2) is 84.7 Å². The number of rotatable bonds is 14. The van der Waals surface area contributed by atoms with Crippen molar-refractivity contribution in [2.24, 2.45) is 4.99 Å². The second-order valence-corrected chi connectivity index (χ2v) is 12.5. The van der Waals surface area contributed by atoms with E-state index in [0.717, 1.165) is 25.5 Å². The fourth-order valence-corrected chi connectivity index (χ4v) is 7.21. The summed E-state index contributed by atoms with van der Waals surface area (Å²) in [6.45, 7) is 4.48. The minimum atomic E-state index is -3.99. The van der Waals surface area contributed by atoms with E-state index in [1.165, 1.54) is 24.3 Å². The number of nitrogens with one attached hydrogen (secondary N) is 3. The Labute approximate surface area is 229 Å². The van der Waals surface area contributed by atoms with Gasteiger partial charge in [-0.25, -0.2) is 0 Å². The van der Waals surface area contributed by atoms with Gasteiger partial charge < -0.3 is 0 Å². The van der Waals surface area contributed by atoms with Crippen molar-refractivity contribution in [3.05, 3.63) is 54.1 Å². The predicted molar refractivity (Wildman–Crippen MR) is 145 cm³/mol. The molecule has 0 saturated carbocycles. The number of aliphatic imine (C=N–C) groups is 1. The number of hydrogen-bond acceptors (Lipinski definition) is 10. The fraction of sp³-hybridized carbons (Fsp3) is 0.400. The van der Waals surface area contributed by atoms with E-state index in [1.54, 1.807) is 31.2 Å². The molecule has 13 heteroatoms. The molecule has 2 aromatic carbocycles. The zero-order chi connectivity index (χ0) is 27.4. The second-order valence-electron chi connectivity index (χ2n) is 8.27. The van der Waals surface area contributed by atoms with E-state index in [4.69, 9.17) is 9.47 Å². The Morgan fingerprint density at radius 3 is 2.68 bits per heavy atom. The summed E-state index contributed by atoms with van der Waals surface area (Å²) in [7, 11) is -3.99. The Hall–Kier alpha value is -3.08. The molecule has 0 aromatic heterocycles. The normalized spacial score (nSPS) is 14.4. The summed E-state index contributed by atoms with van der Waals surface area (Å²) >= 11 is -1.53. The van der Waals surface area contributed by atoms with Gasteiger partial charge in [0.25, 0.3) is 0 Å². The first kappa shape index (κ1) is 29.5. The molecule has 2 atom stereocenters. The summed E-state index contributed by atoms with van der Waals surface area (Å²) in [5.41, 5.74) is 0.105. The summed E-state index contributed by atoms with van der Waals surface area (Å²) in [4.78, 5) is 29.6. The van der Waals surface area contributed by atoms with Gasteiger partial charge in [-0.05, 0) is 6.42 Å². The third-order valence-electron chi connectivity index (χ3n) is 5.38. The van der Waals surface area contributed by atoms with Crippen LogP contribution in [0.1, 0.15) is 30.1 Å². The van der Waals surface area contributed by atoms with Crippen LogP contribution in [0.25, 0.3) is 0 Å². The Balaban J connectivity index is 1.53. The van der Waals surface area contributed by atoms with Crippen LogP contribution in [0.5, 0.6) is 11.5 Å². The molecule has 1 aliphatic heterocycles. The number of benzene rings is 2. The molecule has 11 nitrogen and oxygen atoms in total. The number of nitrogens with zero attached hydrogens (tertiary/aromatic N) is 1. The summed E-state index contributed by atoms with van der Waals surface area (Å²) in [5.74, 6) is 0.232. The molecular weight excluding hydrogens is 575 g/mol. The molecule has 1 aliphatic rings. The zero-order valence-corrected chi connectivity index (χ0v) is 24.0. The van der Waals surface area contributed by atoms with Gasteiger partial charge in [0.1, 0.15) is 0 Å². The van der Waals surface area contributed by atoms with Crippen molar-refractivity contribution < 1.29 is 32.6 Å². The molecule has 206 valence electrons. The summed E-state index contributed by atoms with van der Waals surface area (Å²) < 4.78 is 38.1. The van der Waals surface area contributed by atoms with Crippen LogP contribution < -0.4 is 20.1 Å². The van der Waals surface area contributed by atoms with Crippen molar-refractivity contribution in [1.82, 2.24) is 15.4 Å². The van der Waals surface area contributed by atoms with E-state index in [1.807, 2.05) is 0 Å². The third-order valence-corrected chi connectivity index (χ3v) is 9.39. The topological polar surface area (TPSA) is 155 Å².